The van der Waals surface area contributed by atoms with Crippen LogP contribution < -0.4 is 16.8 Å². The fourth-order valence-electron chi connectivity index (χ4n) is 2.76. The average molecular weight is 375 g/mol. The van der Waals surface area contributed by atoms with Crippen molar-refractivity contribution in [1.82, 2.24) is 10.3 Å². The predicted molar refractivity (Wildman–Crippen MR) is 102 cm³/mol. The summed E-state index contributed by atoms with van der Waals surface area (Å²) in [6, 6.07) is 13.5. The minimum atomic E-state index is -0.528. The van der Waals surface area contributed by atoms with E-state index >= 15 is 0 Å². The Labute approximate surface area is 155 Å². The summed E-state index contributed by atoms with van der Waals surface area (Å²) in [5, 5.41) is 3.68. The molecule has 1 heterocycles. The van der Waals surface area contributed by atoms with Gasteiger partial charge in [0.15, 0.2) is 0 Å². The van der Waals surface area contributed by atoms with Crippen LogP contribution in [-0.2, 0) is 0 Å². The first-order valence-corrected chi connectivity index (χ1v) is 8.68. The summed E-state index contributed by atoms with van der Waals surface area (Å²) < 4.78 is 13.1. The van der Waals surface area contributed by atoms with Crippen LogP contribution in [0.4, 0.5) is 4.39 Å². The average Bonchev–Trinajstić information content (AvgIpc) is 3.03. The van der Waals surface area contributed by atoms with Crippen LogP contribution in [0.2, 0.25) is 0 Å². The van der Waals surface area contributed by atoms with Crippen LogP contribution in [-0.4, -0.2) is 29.0 Å². The van der Waals surface area contributed by atoms with Crippen molar-refractivity contribution in [3.8, 4) is 11.1 Å². The van der Waals surface area contributed by atoms with E-state index in [9.17, 15) is 9.18 Å². The highest BCUT2D eigenvalue weighted by Crippen LogP contribution is 2.25. The quantitative estimate of drug-likeness (QED) is 0.394. The minimum Gasteiger partial charge on any atom is -0.351 e. The zero-order chi connectivity index (χ0) is 18.7. The summed E-state index contributed by atoms with van der Waals surface area (Å²) in [7, 11) is 0. The number of halogens is 2. The first kappa shape index (κ1) is 18.4. The summed E-state index contributed by atoms with van der Waals surface area (Å²) >= 11 is 5.69. The topological polar surface area (TPSA) is 96.9 Å². The summed E-state index contributed by atoms with van der Waals surface area (Å²) in [5.74, 6) is -0.523. The molecule has 2 atom stereocenters. The number of fused-ring (bicyclic) bond motifs is 1. The number of aromatic amines is 1. The third-order valence-corrected chi connectivity index (χ3v) is 4.28. The van der Waals surface area contributed by atoms with Gasteiger partial charge in [0.05, 0.1) is 5.50 Å². The smallest absolute Gasteiger partial charge is 0.267 e. The van der Waals surface area contributed by atoms with Crippen LogP contribution in [0, 0.1) is 5.82 Å². The third-order valence-electron chi connectivity index (χ3n) is 4.10. The van der Waals surface area contributed by atoms with E-state index in [1.54, 1.807) is 18.2 Å². The van der Waals surface area contributed by atoms with Gasteiger partial charge in [0.2, 0.25) is 0 Å². The van der Waals surface area contributed by atoms with Gasteiger partial charge in [0, 0.05) is 23.5 Å². The summed E-state index contributed by atoms with van der Waals surface area (Å²) in [6.45, 7) is 0.287. The van der Waals surface area contributed by atoms with Crippen molar-refractivity contribution in [3.63, 3.8) is 0 Å². The zero-order valence-electron chi connectivity index (χ0n) is 14.0. The molecule has 1 amide bonds. The van der Waals surface area contributed by atoms with Crippen LogP contribution >= 0.6 is 11.6 Å². The van der Waals surface area contributed by atoms with Gasteiger partial charge in [-0.1, -0.05) is 24.3 Å². The number of aromatic nitrogens is 1. The Bertz CT molecular complexity index is 908. The molecule has 1 aromatic heterocycles. The number of alkyl halides is 1. The molecule has 0 aliphatic rings. The molecule has 0 bridgehead atoms. The number of hydrogen-bond acceptors (Lipinski definition) is 3. The normalized spacial score (nSPS) is 13.5. The van der Waals surface area contributed by atoms with Gasteiger partial charge in [0.25, 0.3) is 5.91 Å². The fourth-order valence-corrected chi connectivity index (χ4v) is 2.99. The van der Waals surface area contributed by atoms with E-state index in [0.717, 1.165) is 22.0 Å². The molecular weight excluding hydrogens is 355 g/mol. The number of hydrogen-bond donors (Lipinski definition) is 4. The van der Waals surface area contributed by atoms with E-state index in [0.29, 0.717) is 12.1 Å². The number of carbonyl (C=O) groups is 1. The maximum Gasteiger partial charge on any atom is 0.267 e. The van der Waals surface area contributed by atoms with E-state index < -0.39 is 5.50 Å². The molecule has 26 heavy (non-hydrogen) atoms. The van der Waals surface area contributed by atoms with E-state index in [1.165, 1.54) is 12.1 Å². The van der Waals surface area contributed by atoms with Crippen LogP contribution in [0.3, 0.4) is 0 Å². The lowest BCUT2D eigenvalue weighted by molar-refractivity contribution is 0.0946. The maximum atomic E-state index is 13.1. The van der Waals surface area contributed by atoms with Gasteiger partial charge in [0.1, 0.15) is 11.5 Å². The maximum absolute atomic E-state index is 13.1. The van der Waals surface area contributed by atoms with Crippen molar-refractivity contribution in [2.75, 3.05) is 6.54 Å². The summed E-state index contributed by atoms with van der Waals surface area (Å²) in [4.78, 5) is 15.4. The Morgan fingerprint density at radius 3 is 2.50 bits per heavy atom. The van der Waals surface area contributed by atoms with Crippen molar-refractivity contribution in [2.24, 2.45) is 11.5 Å². The SMILES string of the molecule is NC(Cl)CC(N)CNC(=O)c1cc2ccc(-c3ccc(F)cc3)cc2[nH]1. The van der Waals surface area contributed by atoms with E-state index in [-0.39, 0.29) is 24.3 Å². The van der Waals surface area contributed by atoms with Crippen molar-refractivity contribution in [2.45, 2.75) is 18.0 Å². The first-order valence-electron chi connectivity index (χ1n) is 8.24. The molecule has 0 saturated heterocycles. The lowest BCUT2D eigenvalue weighted by Crippen LogP contribution is -2.39. The van der Waals surface area contributed by atoms with Gasteiger partial charge in [-0.15, -0.1) is 11.6 Å². The van der Waals surface area contributed by atoms with E-state index in [1.807, 2.05) is 18.2 Å². The second-order valence-corrected chi connectivity index (χ2v) is 6.77. The van der Waals surface area contributed by atoms with E-state index in [4.69, 9.17) is 23.1 Å². The number of amides is 1. The number of benzene rings is 2. The number of rotatable bonds is 6. The molecule has 0 fully saturated rings. The Hall–Kier alpha value is -2.41. The number of nitrogens with two attached hydrogens (primary N) is 2. The molecule has 3 aromatic rings. The van der Waals surface area contributed by atoms with Crippen molar-refractivity contribution in [1.29, 1.82) is 0 Å². The molecule has 0 aliphatic heterocycles. The largest absolute Gasteiger partial charge is 0.351 e. The van der Waals surface area contributed by atoms with Gasteiger partial charge in [-0.2, -0.15) is 0 Å². The molecule has 136 valence electrons. The number of nitrogens with one attached hydrogen (secondary N) is 2. The van der Waals surface area contributed by atoms with E-state index in [2.05, 4.69) is 10.3 Å². The molecule has 0 aliphatic carbocycles. The highest BCUT2D eigenvalue weighted by Gasteiger charge is 2.13. The monoisotopic (exact) mass is 374 g/mol. The molecule has 7 heteroatoms. The summed E-state index contributed by atoms with van der Waals surface area (Å²) in [5.41, 5.74) is 13.9. The van der Waals surface area contributed by atoms with Crippen molar-refractivity contribution >= 4 is 28.4 Å². The van der Waals surface area contributed by atoms with Crippen LogP contribution in [0.15, 0.2) is 48.5 Å². The second kappa shape index (κ2) is 7.86. The lowest BCUT2D eigenvalue weighted by atomic mass is 10.0. The molecule has 2 unspecified atom stereocenters. The molecule has 0 saturated carbocycles. The molecule has 3 rings (SSSR count). The molecule has 0 radical (unpaired) electrons. The van der Waals surface area contributed by atoms with Crippen LogP contribution in [0.25, 0.3) is 22.0 Å². The Kier molecular flexibility index (Phi) is 5.56. The molecule has 0 spiro atoms. The summed E-state index contributed by atoms with van der Waals surface area (Å²) in [6.07, 6.45) is 0.412. The molecule has 5 nitrogen and oxygen atoms in total. The minimum absolute atomic E-state index is 0.247. The Balaban J connectivity index is 1.74. The zero-order valence-corrected chi connectivity index (χ0v) is 14.8. The Morgan fingerprint density at radius 1 is 1.12 bits per heavy atom. The van der Waals surface area contributed by atoms with Crippen molar-refractivity contribution < 1.29 is 9.18 Å². The number of H-pyrrole nitrogens is 1. The van der Waals surface area contributed by atoms with Gasteiger partial charge < -0.3 is 21.8 Å². The third kappa shape index (κ3) is 4.40. The van der Waals surface area contributed by atoms with Gasteiger partial charge in [-0.3, -0.25) is 4.79 Å². The second-order valence-electron chi connectivity index (χ2n) is 6.21. The highest BCUT2D eigenvalue weighted by atomic mass is 35.5. The van der Waals surface area contributed by atoms with Gasteiger partial charge in [-0.05, 0) is 41.8 Å². The molecule has 6 N–H and O–H groups in total. The number of carbonyl (C=O) groups excluding carboxylic acids is 1. The first-order chi connectivity index (χ1) is 12.4. The standard InChI is InChI=1S/C19H20ClFN4O/c20-18(23)9-15(22)10-24-19(26)17-8-13-2-1-12(7-16(13)25-17)11-3-5-14(21)6-4-11/h1-8,15,18,25H,9-10,22-23H2,(H,24,26). The predicted octanol–water partition coefficient (Wildman–Crippen LogP) is 2.94. The fraction of sp³-hybridized carbons (Fsp3) is 0.211. The van der Waals surface area contributed by atoms with Crippen LogP contribution in [0.1, 0.15) is 16.9 Å². The van der Waals surface area contributed by atoms with Crippen molar-refractivity contribution in [3.05, 3.63) is 60.0 Å². The highest BCUT2D eigenvalue weighted by molar-refractivity contribution is 6.20. The molecular formula is C19H20ClFN4O. The van der Waals surface area contributed by atoms with Crippen LogP contribution in [0.5, 0.6) is 0 Å². The lowest BCUT2D eigenvalue weighted by Gasteiger charge is -2.13. The molecule has 2 aromatic carbocycles. The Morgan fingerprint density at radius 2 is 1.81 bits per heavy atom. The van der Waals surface area contributed by atoms with Gasteiger partial charge in [-0.25, -0.2) is 4.39 Å². The van der Waals surface area contributed by atoms with Gasteiger partial charge >= 0.3 is 0 Å².